The van der Waals surface area contributed by atoms with Crippen molar-refractivity contribution >= 4 is 0 Å². The molecule has 0 saturated carbocycles. The van der Waals surface area contributed by atoms with Gasteiger partial charge in [-0.15, -0.1) is 0 Å². The van der Waals surface area contributed by atoms with Gasteiger partial charge in [-0.2, -0.15) is 0 Å². The molecule has 1 rings (SSSR count). The maximum absolute atomic E-state index is 9.51. The van der Waals surface area contributed by atoms with Crippen LogP contribution in [0.15, 0.2) is 24.3 Å². The van der Waals surface area contributed by atoms with Crippen molar-refractivity contribution in [3.63, 3.8) is 0 Å². The predicted molar refractivity (Wildman–Crippen MR) is 66.9 cm³/mol. The fourth-order valence-electron chi connectivity index (χ4n) is 1.88. The van der Waals surface area contributed by atoms with Crippen molar-refractivity contribution in [2.75, 3.05) is 6.61 Å². The molecule has 1 atom stereocenters. The Balaban J connectivity index is 2.32. The van der Waals surface area contributed by atoms with Gasteiger partial charge >= 0.3 is 0 Å². The maximum Gasteiger partial charge on any atom is 0.160 e. The van der Waals surface area contributed by atoms with Gasteiger partial charge < -0.3 is 9.84 Å². The smallest absolute Gasteiger partial charge is 0.160 e. The van der Waals surface area contributed by atoms with E-state index in [1.807, 2.05) is 6.07 Å². The maximum atomic E-state index is 9.51. The van der Waals surface area contributed by atoms with Gasteiger partial charge in [0.25, 0.3) is 0 Å². The molecular formula is C14H22O2. The van der Waals surface area contributed by atoms with Crippen LogP contribution < -0.4 is 4.74 Å². The Kier molecular flexibility index (Phi) is 5.76. The molecular weight excluding hydrogens is 200 g/mol. The molecule has 90 valence electrons. The number of ether oxygens (including phenoxy) is 1. The molecule has 16 heavy (non-hydrogen) atoms. The molecule has 0 aromatic heterocycles. The Morgan fingerprint density at radius 2 is 1.94 bits per heavy atom. The molecule has 2 heteroatoms. The molecule has 0 fully saturated rings. The number of benzene rings is 1. The Morgan fingerprint density at radius 1 is 1.19 bits per heavy atom. The first-order chi connectivity index (χ1) is 7.77. The SMILES string of the molecule is CCCC(CC)CCOc1ccccc1O. The minimum absolute atomic E-state index is 0.228. The first kappa shape index (κ1) is 12.9. The monoisotopic (exact) mass is 222 g/mol. The molecule has 0 saturated heterocycles. The van der Waals surface area contributed by atoms with Crippen LogP contribution in [0.5, 0.6) is 11.5 Å². The Morgan fingerprint density at radius 3 is 2.56 bits per heavy atom. The van der Waals surface area contributed by atoms with Crippen LogP contribution in [-0.2, 0) is 0 Å². The van der Waals surface area contributed by atoms with Crippen LogP contribution in [0.3, 0.4) is 0 Å². The van der Waals surface area contributed by atoms with Gasteiger partial charge in [-0.3, -0.25) is 0 Å². The lowest BCUT2D eigenvalue weighted by Crippen LogP contribution is -2.06. The van der Waals surface area contributed by atoms with Crippen LogP contribution in [0, 0.1) is 5.92 Å². The summed E-state index contributed by atoms with van der Waals surface area (Å²) in [5, 5.41) is 9.51. The molecule has 1 N–H and O–H groups in total. The largest absolute Gasteiger partial charge is 0.504 e. The van der Waals surface area contributed by atoms with Crippen molar-refractivity contribution in [1.82, 2.24) is 0 Å². The average molecular weight is 222 g/mol. The van der Waals surface area contributed by atoms with Gasteiger partial charge in [-0.1, -0.05) is 45.2 Å². The minimum Gasteiger partial charge on any atom is -0.504 e. The molecule has 0 amide bonds. The third-order valence-corrected chi connectivity index (χ3v) is 2.92. The van der Waals surface area contributed by atoms with Gasteiger partial charge in [-0.25, -0.2) is 0 Å². The third-order valence-electron chi connectivity index (χ3n) is 2.92. The summed E-state index contributed by atoms with van der Waals surface area (Å²) < 4.78 is 5.57. The molecule has 2 nitrogen and oxygen atoms in total. The van der Waals surface area contributed by atoms with E-state index < -0.39 is 0 Å². The van der Waals surface area contributed by atoms with E-state index in [4.69, 9.17) is 4.74 Å². The van der Waals surface area contributed by atoms with E-state index >= 15 is 0 Å². The van der Waals surface area contributed by atoms with Crippen molar-refractivity contribution < 1.29 is 9.84 Å². The van der Waals surface area contributed by atoms with E-state index in [0.717, 1.165) is 12.3 Å². The molecule has 0 bridgehead atoms. The third kappa shape index (κ3) is 4.13. The van der Waals surface area contributed by atoms with E-state index in [1.54, 1.807) is 18.2 Å². The van der Waals surface area contributed by atoms with Gasteiger partial charge in [0, 0.05) is 0 Å². The molecule has 0 aliphatic rings. The zero-order valence-electron chi connectivity index (χ0n) is 10.3. The highest BCUT2D eigenvalue weighted by molar-refractivity contribution is 5.37. The van der Waals surface area contributed by atoms with Crippen molar-refractivity contribution in [3.05, 3.63) is 24.3 Å². The Labute approximate surface area is 98.3 Å². The van der Waals surface area contributed by atoms with E-state index in [0.29, 0.717) is 12.4 Å². The molecule has 0 heterocycles. The lowest BCUT2D eigenvalue weighted by atomic mass is 9.98. The summed E-state index contributed by atoms with van der Waals surface area (Å²) in [5.74, 6) is 1.57. The first-order valence-electron chi connectivity index (χ1n) is 6.18. The fourth-order valence-corrected chi connectivity index (χ4v) is 1.88. The number of hydrogen-bond donors (Lipinski definition) is 1. The summed E-state index contributed by atoms with van der Waals surface area (Å²) in [4.78, 5) is 0. The van der Waals surface area contributed by atoms with Crippen LogP contribution in [0.4, 0.5) is 0 Å². The van der Waals surface area contributed by atoms with Gasteiger partial charge in [0.05, 0.1) is 6.61 Å². The summed E-state index contributed by atoms with van der Waals surface area (Å²) >= 11 is 0. The van der Waals surface area contributed by atoms with Gasteiger partial charge in [0.1, 0.15) is 0 Å². The summed E-state index contributed by atoms with van der Waals surface area (Å²) in [6, 6.07) is 7.13. The normalized spacial score (nSPS) is 12.4. The van der Waals surface area contributed by atoms with Crippen LogP contribution in [0.2, 0.25) is 0 Å². The zero-order chi connectivity index (χ0) is 11.8. The standard InChI is InChI=1S/C14H22O2/c1-3-7-12(4-2)10-11-16-14-9-6-5-8-13(14)15/h5-6,8-9,12,15H,3-4,7,10-11H2,1-2H3. The first-order valence-corrected chi connectivity index (χ1v) is 6.18. The number of aromatic hydroxyl groups is 1. The average Bonchev–Trinajstić information content (AvgIpc) is 2.30. The molecule has 0 aliphatic heterocycles. The molecule has 0 aliphatic carbocycles. The molecule has 1 unspecified atom stereocenters. The van der Waals surface area contributed by atoms with Gasteiger partial charge in [0.2, 0.25) is 0 Å². The van der Waals surface area contributed by atoms with E-state index in [1.165, 1.54) is 19.3 Å². The summed E-state index contributed by atoms with van der Waals surface area (Å²) in [7, 11) is 0. The molecule has 0 radical (unpaired) electrons. The zero-order valence-corrected chi connectivity index (χ0v) is 10.3. The number of rotatable bonds is 7. The number of phenolic OH excluding ortho intramolecular Hbond substituents is 1. The van der Waals surface area contributed by atoms with Crippen molar-refractivity contribution in [1.29, 1.82) is 0 Å². The highest BCUT2D eigenvalue weighted by Gasteiger charge is 2.06. The summed E-state index contributed by atoms with van der Waals surface area (Å²) in [5.41, 5.74) is 0. The highest BCUT2D eigenvalue weighted by Crippen LogP contribution is 2.25. The highest BCUT2D eigenvalue weighted by atomic mass is 16.5. The Bertz CT molecular complexity index is 297. The summed E-state index contributed by atoms with van der Waals surface area (Å²) in [6.07, 6.45) is 4.77. The van der Waals surface area contributed by atoms with Crippen LogP contribution in [0.25, 0.3) is 0 Å². The second-order valence-electron chi connectivity index (χ2n) is 4.17. The fraction of sp³-hybridized carbons (Fsp3) is 0.571. The lowest BCUT2D eigenvalue weighted by molar-refractivity contribution is 0.258. The molecule has 1 aromatic carbocycles. The second-order valence-corrected chi connectivity index (χ2v) is 4.17. The number of para-hydroxylation sites is 2. The van der Waals surface area contributed by atoms with E-state index in [-0.39, 0.29) is 5.75 Å². The van der Waals surface area contributed by atoms with Crippen LogP contribution in [-0.4, -0.2) is 11.7 Å². The predicted octanol–water partition coefficient (Wildman–Crippen LogP) is 3.99. The van der Waals surface area contributed by atoms with Crippen LogP contribution >= 0.6 is 0 Å². The van der Waals surface area contributed by atoms with Gasteiger partial charge in [0.15, 0.2) is 11.5 Å². The van der Waals surface area contributed by atoms with E-state index in [9.17, 15) is 5.11 Å². The van der Waals surface area contributed by atoms with E-state index in [2.05, 4.69) is 13.8 Å². The second kappa shape index (κ2) is 7.15. The van der Waals surface area contributed by atoms with Crippen molar-refractivity contribution in [2.45, 2.75) is 39.5 Å². The van der Waals surface area contributed by atoms with Crippen LogP contribution in [0.1, 0.15) is 39.5 Å². The minimum atomic E-state index is 0.228. The Hall–Kier alpha value is -1.18. The van der Waals surface area contributed by atoms with Crippen molar-refractivity contribution in [3.8, 4) is 11.5 Å². The molecule has 0 spiro atoms. The topological polar surface area (TPSA) is 29.5 Å². The quantitative estimate of drug-likeness (QED) is 0.756. The lowest BCUT2D eigenvalue weighted by Gasteiger charge is -2.14. The van der Waals surface area contributed by atoms with Gasteiger partial charge in [-0.05, 0) is 24.5 Å². The summed E-state index contributed by atoms with van der Waals surface area (Å²) in [6.45, 7) is 5.13. The number of phenols is 1. The van der Waals surface area contributed by atoms with Crippen molar-refractivity contribution in [2.24, 2.45) is 5.92 Å². The molecule has 1 aromatic rings. The number of hydrogen-bond acceptors (Lipinski definition) is 2.